The van der Waals surface area contributed by atoms with Gasteiger partial charge in [0.25, 0.3) is 5.91 Å². The first-order chi connectivity index (χ1) is 12.8. The van der Waals surface area contributed by atoms with Crippen LogP contribution < -0.4 is 10.1 Å². The van der Waals surface area contributed by atoms with Gasteiger partial charge in [0, 0.05) is 6.20 Å². The molecule has 0 spiro atoms. The highest BCUT2D eigenvalue weighted by Crippen LogP contribution is 2.31. The molecule has 3 aromatic rings. The quantitative estimate of drug-likeness (QED) is 0.662. The van der Waals surface area contributed by atoms with Crippen molar-refractivity contribution in [3.8, 4) is 11.5 Å². The molecule has 0 atom stereocenters. The first-order valence-electron chi connectivity index (χ1n) is 7.76. The molecule has 0 unspecified atom stereocenters. The first-order valence-corrected chi connectivity index (χ1v) is 7.76. The molecular formula is C18H14F3N3O3. The van der Waals surface area contributed by atoms with E-state index in [-0.39, 0.29) is 29.6 Å². The minimum Gasteiger partial charge on any atom is -0.506 e. The second-order valence-corrected chi connectivity index (χ2v) is 5.51. The second kappa shape index (κ2) is 7.40. The van der Waals surface area contributed by atoms with Gasteiger partial charge in [0.2, 0.25) is 0 Å². The number of benzene rings is 2. The first kappa shape index (κ1) is 18.3. The van der Waals surface area contributed by atoms with Gasteiger partial charge < -0.3 is 15.2 Å². The Labute approximate surface area is 151 Å². The molecule has 0 aliphatic carbocycles. The molecule has 0 bridgehead atoms. The molecule has 0 fully saturated rings. The lowest BCUT2D eigenvalue weighted by atomic mass is 10.2. The highest BCUT2D eigenvalue weighted by Gasteiger charge is 2.30. The number of amides is 1. The molecule has 3 rings (SSSR count). The van der Waals surface area contributed by atoms with Gasteiger partial charge in [0.15, 0.2) is 12.4 Å². The summed E-state index contributed by atoms with van der Waals surface area (Å²) in [5.74, 6) is -0.604. The molecule has 0 saturated carbocycles. The molecule has 0 aliphatic rings. The number of carbonyl (C=O) groups excluding carboxylic acids is 1. The molecule has 0 aliphatic heterocycles. The Balaban J connectivity index is 1.63. The molecular weight excluding hydrogens is 363 g/mol. The third kappa shape index (κ3) is 4.57. The maximum atomic E-state index is 12.7. The fraction of sp³-hybridized carbons (Fsp3) is 0.111. The van der Waals surface area contributed by atoms with Crippen LogP contribution in [0.1, 0.15) is 16.1 Å². The summed E-state index contributed by atoms with van der Waals surface area (Å²) < 4.78 is 44.6. The molecule has 140 valence electrons. The van der Waals surface area contributed by atoms with Crippen molar-refractivity contribution in [1.82, 2.24) is 9.78 Å². The Kier molecular flexibility index (Phi) is 5.02. The van der Waals surface area contributed by atoms with Gasteiger partial charge in [-0.2, -0.15) is 18.3 Å². The number of hydrogen-bond donors (Lipinski definition) is 2. The largest absolute Gasteiger partial charge is 0.506 e. The molecule has 0 radical (unpaired) electrons. The molecule has 27 heavy (non-hydrogen) atoms. The number of ether oxygens (including phenoxy) is 1. The van der Waals surface area contributed by atoms with Crippen LogP contribution in [0.15, 0.2) is 60.8 Å². The van der Waals surface area contributed by atoms with Gasteiger partial charge >= 0.3 is 6.18 Å². The van der Waals surface area contributed by atoms with Crippen LogP contribution in [0.3, 0.4) is 0 Å². The number of hydrogen-bond acceptors (Lipinski definition) is 4. The monoisotopic (exact) mass is 377 g/mol. The van der Waals surface area contributed by atoms with Crippen LogP contribution in [-0.4, -0.2) is 20.8 Å². The van der Waals surface area contributed by atoms with Crippen molar-refractivity contribution in [3.63, 3.8) is 0 Å². The van der Waals surface area contributed by atoms with Gasteiger partial charge in [-0.3, -0.25) is 4.79 Å². The molecule has 1 amide bonds. The van der Waals surface area contributed by atoms with Crippen molar-refractivity contribution in [1.29, 1.82) is 0 Å². The summed E-state index contributed by atoms with van der Waals surface area (Å²) in [5, 5.41) is 16.2. The number of anilines is 1. The number of aromatic hydroxyl groups is 1. The van der Waals surface area contributed by atoms with Crippen molar-refractivity contribution in [2.75, 3.05) is 5.32 Å². The van der Waals surface area contributed by atoms with E-state index in [4.69, 9.17) is 4.74 Å². The molecule has 9 heteroatoms. The predicted molar refractivity (Wildman–Crippen MR) is 90.4 cm³/mol. The van der Waals surface area contributed by atoms with E-state index >= 15 is 0 Å². The van der Waals surface area contributed by atoms with Gasteiger partial charge in [-0.25, -0.2) is 4.68 Å². The van der Waals surface area contributed by atoms with Crippen molar-refractivity contribution in [2.24, 2.45) is 0 Å². The van der Waals surface area contributed by atoms with Crippen molar-refractivity contribution >= 4 is 11.6 Å². The van der Waals surface area contributed by atoms with Crippen LogP contribution in [-0.2, 0) is 12.9 Å². The van der Waals surface area contributed by atoms with E-state index < -0.39 is 17.6 Å². The van der Waals surface area contributed by atoms with Crippen LogP contribution in [0.5, 0.6) is 11.5 Å². The highest BCUT2D eigenvalue weighted by molar-refractivity contribution is 6.03. The maximum absolute atomic E-state index is 12.7. The minimum atomic E-state index is -4.46. The Morgan fingerprint density at radius 2 is 1.93 bits per heavy atom. The molecule has 2 aromatic carbocycles. The zero-order valence-electron chi connectivity index (χ0n) is 13.8. The average molecular weight is 377 g/mol. The Bertz CT molecular complexity index is 954. The average Bonchev–Trinajstić information content (AvgIpc) is 3.11. The van der Waals surface area contributed by atoms with Gasteiger partial charge in [-0.15, -0.1) is 0 Å². The lowest BCUT2D eigenvalue weighted by Gasteiger charge is -2.10. The number of aromatic nitrogens is 2. The molecule has 1 heterocycles. The van der Waals surface area contributed by atoms with E-state index in [1.54, 1.807) is 12.1 Å². The fourth-order valence-electron chi connectivity index (χ4n) is 2.22. The summed E-state index contributed by atoms with van der Waals surface area (Å²) in [4.78, 5) is 12.1. The lowest BCUT2D eigenvalue weighted by molar-refractivity contribution is -0.137. The second-order valence-electron chi connectivity index (χ2n) is 5.51. The summed E-state index contributed by atoms with van der Waals surface area (Å²) in [7, 11) is 0. The third-order valence-corrected chi connectivity index (χ3v) is 3.55. The van der Waals surface area contributed by atoms with E-state index in [2.05, 4.69) is 10.4 Å². The van der Waals surface area contributed by atoms with Crippen molar-refractivity contribution in [3.05, 3.63) is 72.1 Å². The molecule has 2 N–H and O–H groups in total. The summed E-state index contributed by atoms with van der Waals surface area (Å²) in [6.07, 6.45) is -3.01. The fourth-order valence-corrected chi connectivity index (χ4v) is 2.22. The van der Waals surface area contributed by atoms with Crippen LogP contribution in [0.4, 0.5) is 18.9 Å². The van der Waals surface area contributed by atoms with E-state index in [1.807, 2.05) is 0 Å². The maximum Gasteiger partial charge on any atom is 0.416 e. The topological polar surface area (TPSA) is 76.4 Å². The standard InChI is InChI=1S/C18H14F3N3O3/c19-18(20,21)12-4-3-5-13(10-12)27-11-24-9-8-15(23-24)17(26)22-14-6-1-2-7-16(14)25/h1-10,25H,11H2,(H,22,26). The molecule has 0 saturated heterocycles. The predicted octanol–water partition coefficient (Wildman–Crippen LogP) is 3.90. The smallest absolute Gasteiger partial charge is 0.416 e. The number of phenols is 1. The van der Waals surface area contributed by atoms with Gasteiger partial charge in [0.1, 0.15) is 11.5 Å². The number of nitrogens with one attached hydrogen (secondary N) is 1. The number of para-hydroxylation sites is 2. The van der Waals surface area contributed by atoms with E-state index in [0.29, 0.717) is 0 Å². The van der Waals surface area contributed by atoms with Gasteiger partial charge in [-0.1, -0.05) is 18.2 Å². The van der Waals surface area contributed by atoms with Crippen LogP contribution in [0, 0.1) is 0 Å². The zero-order chi connectivity index (χ0) is 19.4. The lowest BCUT2D eigenvalue weighted by Crippen LogP contribution is -2.14. The number of nitrogens with zero attached hydrogens (tertiary/aromatic N) is 2. The summed E-state index contributed by atoms with van der Waals surface area (Å²) >= 11 is 0. The number of alkyl halides is 3. The SMILES string of the molecule is O=C(Nc1ccccc1O)c1ccn(COc2cccc(C(F)(F)F)c2)n1. The van der Waals surface area contributed by atoms with Crippen LogP contribution >= 0.6 is 0 Å². The summed E-state index contributed by atoms with van der Waals surface area (Å²) in [6, 6.07) is 12.1. The van der Waals surface area contributed by atoms with E-state index in [9.17, 15) is 23.1 Å². The van der Waals surface area contributed by atoms with Gasteiger partial charge in [-0.05, 0) is 36.4 Å². The minimum absolute atomic E-state index is 0.0283. The summed E-state index contributed by atoms with van der Waals surface area (Å²) in [5.41, 5.74) is -0.522. The Morgan fingerprint density at radius 3 is 2.67 bits per heavy atom. The number of carbonyl (C=O) groups is 1. The van der Waals surface area contributed by atoms with Crippen molar-refractivity contribution in [2.45, 2.75) is 12.9 Å². The number of rotatable bonds is 5. The van der Waals surface area contributed by atoms with Crippen LogP contribution in [0.2, 0.25) is 0 Å². The van der Waals surface area contributed by atoms with Crippen molar-refractivity contribution < 1.29 is 27.8 Å². The third-order valence-electron chi connectivity index (χ3n) is 3.55. The summed E-state index contributed by atoms with van der Waals surface area (Å²) in [6.45, 7) is -0.175. The zero-order valence-corrected chi connectivity index (χ0v) is 13.8. The Hall–Kier alpha value is -3.49. The normalized spacial score (nSPS) is 11.2. The van der Waals surface area contributed by atoms with Gasteiger partial charge in [0.05, 0.1) is 11.3 Å². The van der Waals surface area contributed by atoms with Crippen LogP contribution in [0.25, 0.3) is 0 Å². The molecule has 6 nitrogen and oxygen atoms in total. The number of halogens is 3. The Morgan fingerprint density at radius 1 is 1.15 bits per heavy atom. The molecule has 1 aromatic heterocycles. The highest BCUT2D eigenvalue weighted by atomic mass is 19.4. The number of phenolic OH excluding ortho intramolecular Hbond substituents is 1. The van der Waals surface area contributed by atoms with E-state index in [1.165, 1.54) is 41.2 Å². The van der Waals surface area contributed by atoms with E-state index in [0.717, 1.165) is 12.1 Å².